The molecule has 0 aliphatic heterocycles. The van der Waals surface area contributed by atoms with Crippen LogP contribution < -0.4 is 9.51 Å². The van der Waals surface area contributed by atoms with E-state index in [0.717, 1.165) is 16.2 Å². The van der Waals surface area contributed by atoms with E-state index in [9.17, 15) is 5.11 Å². The quantitative estimate of drug-likeness (QED) is 0.558. The van der Waals surface area contributed by atoms with E-state index in [1.807, 2.05) is 29.7 Å². The van der Waals surface area contributed by atoms with Crippen LogP contribution in [0.25, 0.3) is 4.83 Å². The molecule has 0 saturated heterocycles. The summed E-state index contributed by atoms with van der Waals surface area (Å²) in [5.74, 6) is 0.110. The Kier molecular flexibility index (Phi) is 1.54. The van der Waals surface area contributed by atoms with E-state index < -0.39 is 0 Å². The van der Waals surface area contributed by atoms with Crippen molar-refractivity contribution in [3.8, 4) is 5.75 Å². The summed E-state index contributed by atoms with van der Waals surface area (Å²) >= 11 is 1.51. The number of nitrogens with zero attached hydrogens (tertiary/aromatic N) is 1. The van der Waals surface area contributed by atoms with Gasteiger partial charge in [0.15, 0.2) is 11.4 Å². The average Bonchev–Trinajstić information content (AvgIpc) is 2.42. The van der Waals surface area contributed by atoms with Gasteiger partial charge in [0.05, 0.1) is 5.38 Å². The maximum absolute atomic E-state index is 11.3. The Morgan fingerprint density at radius 1 is 1.25 bits per heavy atom. The minimum absolute atomic E-state index is 0.110. The second-order valence-electron chi connectivity index (χ2n) is 2.86. The molecule has 0 radical (unpaired) electrons. The molecule has 0 fully saturated rings. The van der Waals surface area contributed by atoms with Gasteiger partial charge in [0.25, 0.3) is 4.83 Å². The van der Waals surface area contributed by atoms with Gasteiger partial charge in [-0.3, -0.25) is 0 Å². The predicted octanol–water partition coefficient (Wildman–Crippen LogP) is 1.18. The summed E-state index contributed by atoms with van der Waals surface area (Å²) in [6.07, 6.45) is 0. The highest BCUT2D eigenvalue weighted by Gasteiger charge is 2.11. The summed E-state index contributed by atoms with van der Waals surface area (Å²) in [6.45, 7) is 4.02. The second kappa shape index (κ2) is 2.45. The third-order valence-corrected chi connectivity index (χ3v) is 3.00. The molecule has 2 aromatic rings. The molecular formula is C9H9NOS. The van der Waals surface area contributed by atoms with Gasteiger partial charge in [0.2, 0.25) is 0 Å². The van der Waals surface area contributed by atoms with Gasteiger partial charge in [0, 0.05) is 19.9 Å². The first-order valence-electron chi connectivity index (χ1n) is 3.76. The maximum atomic E-state index is 11.3. The van der Waals surface area contributed by atoms with Gasteiger partial charge in [-0.1, -0.05) is 17.4 Å². The first-order valence-corrected chi connectivity index (χ1v) is 4.64. The summed E-state index contributed by atoms with van der Waals surface area (Å²) in [5, 5.41) is 13.3. The molecule has 0 spiro atoms. The molecule has 0 aromatic carbocycles. The van der Waals surface area contributed by atoms with Crippen molar-refractivity contribution in [3.63, 3.8) is 0 Å². The largest absolute Gasteiger partial charge is 0.867 e. The lowest BCUT2D eigenvalue weighted by atomic mass is 10.3. The number of hydrogen-bond acceptors (Lipinski definition) is 2. The predicted molar refractivity (Wildman–Crippen MR) is 46.4 cm³/mol. The minimum atomic E-state index is 0.110. The van der Waals surface area contributed by atoms with E-state index in [1.54, 1.807) is 6.07 Å². The zero-order valence-corrected chi connectivity index (χ0v) is 7.81. The van der Waals surface area contributed by atoms with Gasteiger partial charge in [-0.15, -0.1) is 0 Å². The molecule has 0 N–H and O–H groups in total. The summed E-state index contributed by atoms with van der Waals surface area (Å²) in [4.78, 5) is 0.813. The van der Waals surface area contributed by atoms with Crippen molar-refractivity contribution in [1.82, 2.24) is 0 Å². The molecule has 0 unspecified atom stereocenters. The Balaban J connectivity index is 2.98. The first-order chi connectivity index (χ1) is 5.70. The molecule has 2 heterocycles. The van der Waals surface area contributed by atoms with Crippen LogP contribution in [0.3, 0.4) is 0 Å². The van der Waals surface area contributed by atoms with Crippen molar-refractivity contribution < 1.29 is 9.51 Å². The average molecular weight is 179 g/mol. The Labute approximate surface area is 74.7 Å². The van der Waals surface area contributed by atoms with Gasteiger partial charge in [0.1, 0.15) is 0 Å². The normalized spacial score (nSPS) is 10.8. The minimum Gasteiger partial charge on any atom is -0.867 e. The van der Waals surface area contributed by atoms with Gasteiger partial charge in [-0.05, 0) is 5.75 Å². The summed E-state index contributed by atoms with van der Waals surface area (Å²) < 4.78 is 1.99. The van der Waals surface area contributed by atoms with Gasteiger partial charge < -0.3 is 5.11 Å². The van der Waals surface area contributed by atoms with Crippen molar-refractivity contribution in [2.45, 2.75) is 13.8 Å². The molecular weight excluding hydrogens is 170 g/mol. The zero-order chi connectivity index (χ0) is 8.72. The molecule has 3 heteroatoms. The monoisotopic (exact) mass is 179 g/mol. The van der Waals surface area contributed by atoms with Crippen LogP contribution in [0, 0.1) is 13.8 Å². The van der Waals surface area contributed by atoms with Crippen LogP contribution >= 0.6 is 11.3 Å². The van der Waals surface area contributed by atoms with Crippen molar-refractivity contribution in [2.24, 2.45) is 0 Å². The lowest BCUT2D eigenvalue weighted by Gasteiger charge is -2.01. The van der Waals surface area contributed by atoms with Crippen LogP contribution in [0.15, 0.2) is 17.5 Å². The Bertz CT molecular complexity index is 433. The Hall–Kier alpha value is -1.09. The fraction of sp³-hybridized carbons (Fsp3) is 0.222. The van der Waals surface area contributed by atoms with E-state index >= 15 is 0 Å². The van der Waals surface area contributed by atoms with Crippen molar-refractivity contribution in [3.05, 3.63) is 28.9 Å². The zero-order valence-electron chi connectivity index (χ0n) is 7.00. The van der Waals surface area contributed by atoms with Crippen LogP contribution in [-0.2, 0) is 0 Å². The third-order valence-electron chi connectivity index (χ3n) is 1.94. The van der Waals surface area contributed by atoms with Gasteiger partial charge in [-0.2, -0.15) is 4.40 Å². The molecule has 2 rings (SSSR count). The highest BCUT2D eigenvalue weighted by molar-refractivity contribution is 7.15. The third kappa shape index (κ3) is 0.898. The fourth-order valence-corrected chi connectivity index (χ4v) is 2.32. The molecule has 2 aromatic heterocycles. The number of thiazole rings is 1. The first kappa shape index (κ1) is 7.55. The molecule has 0 atom stereocenters. The Morgan fingerprint density at radius 2 is 2.00 bits per heavy atom. The highest BCUT2D eigenvalue weighted by Crippen LogP contribution is 2.18. The number of hydrogen-bond donors (Lipinski definition) is 0. The molecule has 0 aliphatic carbocycles. The van der Waals surface area contributed by atoms with Crippen molar-refractivity contribution in [1.29, 1.82) is 0 Å². The highest BCUT2D eigenvalue weighted by atomic mass is 32.1. The van der Waals surface area contributed by atoms with Crippen LogP contribution in [-0.4, -0.2) is 0 Å². The topological polar surface area (TPSA) is 27.2 Å². The van der Waals surface area contributed by atoms with E-state index in [2.05, 4.69) is 0 Å². The van der Waals surface area contributed by atoms with Crippen LogP contribution in [0.2, 0.25) is 0 Å². The van der Waals surface area contributed by atoms with Gasteiger partial charge >= 0.3 is 0 Å². The lowest BCUT2D eigenvalue weighted by Crippen LogP contribution is -2.26. The van der Waals surface area contributed by atoms with Crippen molar-refractivity contribution in [2.75, 3.05) is 0 Å². The lowest BCUT2D eigenvalue weighted by molar-refractivity contribution is -0.526. The molecule has 0 saturated carbocycles. The number of rotatable bonds is 0. The second-order valence-corrected chi connectivity index (χ2v) is 3.71. The Morgan fingerprint density at radius 3 is 2.67 bits per heavy atom. The number of aromatic nitrogens is 1. The van der Waals surface area contributed by atoms with Crippen molar-refractivity contribution >= 4 is 16.2 Å². The van der Waals surface area contributed by atoms with Gasteiger partial charge in [-0.25, -0.2) is 0 Å². The molecule has 0 amide bonds. The summed E-state index contributed by atoms with van der Waals surface area (Å²) in [6, 6.07) is 3.48. The van der Waals surface area contributed by atoms with E-state index in [-0.39, 0.29) is 5.75 Å². The smallest absolute Gasteiger partial charge is 0.259 e. The van der Waals surface area contributed by atoms with Crippen LogP contribution in [0.5, 0.6) is 5.75 Å². The van der Waals surface area contributed by atoms with E-state index in [0.29, 0.717) is 0 Å². The molecule has 0 bridgehead atoms. The van der Waals surface area contributed by atoms with E-state index in [4.69, 9.17) is 0 Å². The summed E-state index contributed by atoms with van der Waals surface area (Å²) in [5.41, 5.74) is 2.24. The molecule has 12 heavy (non-hydrogen) atoms. The molecule has 2 nitrogen and oxygen atoms in total. The maximum Gasteiger partial charge on any atom is 0.259 e. The van der Waals surface area contributed by atoms with E-state index in [1.165, 1.54) is 11.3 Å². The number of fused-ring (bicyclic) bond motifs is 1. The standard InChI is InChI=1S/C9H9NOS/c1-6-3-4-8(11)9-10(6)7(2)5-12-9/h3-5H,1-2H3. The SMILES string of the molecule is Cc1ccc([O-])c2scc(C)[n+]12. The number of aryl methyl sites for hydroxylation is 2. The summed E-state index contributed by atoms with van der Waals surface area (Å²) in [7, 11) is 0. The fourth-order valence-electron chi connectivity index (χ4n) is 1.36. The molecule has 0 aliphatic rings. The van der Waals surface area contributed by atoms with Crippen LogP contribution in [0.4, 0.5) is 0 Å². The number of pyridine rings is 1. The van der Waals surface area contributed by atoms with Crippen LogP contribution in [0.1, 0.15) is 11.4 Å². The molecule has 62 valence electrons.